The number of rotatable bonds is 8. The smallest absolute Gasteiger partial charge is 0.413 e. The van der Waals surface area contributed by atoms with Gasteiger partial charge in [-0.05, 0) is 45.1 Å². The van der Waals surface area contributed by atoms with Crippen LogP contribution in [0.1, 0.15) is 85.9 Å². The Labute approximate surface area is 230 Å². The van der Waals surface area contributed by atoms with E-state index >= 15 is 0 Å². The van der Waals surface area contributed by atoms with E-state index in [9.17, 15) is 14.9 Å². The topological polar surface area (TPSA) is 119 Å². The van der Waals surface area contributed by atoms with E-state index in [0.29, 0.717) is 57.4 Å². The van der Waals surface area contributed by atoms with E-state index < -0.39 is 17.7 Å². The number of alkyl carbamates (subject to hydrolysis) is 1. The molecule has 0 aromatic heterocycles. The predicted octanol–water partition coefficient (Wildman–Crippen LogP) is 3.67. The number of hydrogen-bond donors (Lipinski definition) is 2. The summed E-state index contributed by atoms with van der Waals surface area (Å²) in [5.74, 6) is 0.503. The first-order chi connectivity index (χ1) is 18.5. The summed E-state index contributed by atoms with van der Waals surface area (Å²) in [6.45, 7) is 8.93. The maximum Gasteiger partial charge on any atom is 0.413 e. The van der Waals surface area contributed by atoms with Gasteiger partial charge >= 0.3 is 6.09 Å². The minimum absolute atomic E-state index is 0. The van der Waals surface area contributed by atoms with Crippen LogP contribution in [0.5, 0.6) is 0 Å². The first kappa shape index (κ1) is 30.2. The highest BCUT2D eigenvalue weighted by Gasteiger charge is 2.38. The summed E-state index contributed by atoms with van der Waals surface area (Å²) in [6, 6.07) is 1.73. The fraction of sp³-hybridized carbons (Fsp3) is 0.857. The van der Waals surface area contributed by atoms with E-state index in [1.54, 1.807) is 6.92 Å². The van der Waals surface area contributed by atoms with Crippen LogP contribution in [0.4, 0.5) is 4.79 Å². The van der Waals surface area contributed by atoms with E-state index in [4.69, 9.17) is 14.5 Å². The molecule has 1 aliphatic carbocycles. The number of aliphatic imine (C=N–C) groups is 1. The first-order valence-corrected chi connectivity index (χ1v) is 14.8. The molecule has 2 N–H and O–H groups in total. The van der Waals surface area contributed by atoms with Gasteiger partial charge in [0, 0.05) is 27.6 Å². The Morgan fingerprint density at radius 2 is 1.76 bits per heavy atom. The Morgan fingerprint density at radius 1 is 1.11 bits per heavy atom. The lowest BCUT2D eigenvalue weighted by Gasteiger charge is -2.38. The quantitative estimate of drug-likeness (QED) is 0.360. The van der Waals surface area contributed by atoms with Crippen molar-refractivity contribution < 1.29 is 20.5 Å². The van der Waals surface area contributed by atoms with Gasteiger partial charge in [-0.25, -0.2) is 9.79 Å². The van der Waals surface area contributed by atoms with Crippen LogP contribution in [0.2, 0.25) is 0 Å². The number of carbonyl (C=O) groups excluding carboxylic acids is 2. The summed E-state index contributed by atoms with van der Waals surface area (Å²) in [5.41, 5.74) is -0.885. The molecule has 2 heterocycles. The molecule has 38 heavy (non-hydrogen) atoms. The van der Waals surface area contributed by atoms with Gasteiger partial charge in [0.05, 0.1) is 25.9 Å². The Bertz CT molecular complexity index is 813. The monoisotopic (exact) mass is 534 g/mol. The van der Waals surface area contributed by atoms with Crippen LogP contribution in [0, 0.1) is 17.2 Å². The number of nitrogens with zero attached hydrogens (tertiary/aromatic N) is 4. The van der Waals surface area contributed by atoms with Gasteiger partial charge in [0.1, 0.15) is 11.6 Å². The standard InChI is InChI=1S/C28H48N6O4.H2/c1-3-14-33-15-12-28(22-29,13-16-33)32-25(35)24(21-23-10-8-6-5-7-9-11-23)30-26(31-27(36)38-4-2)34-17-19-37-20-18-34;/h23-24H,3-21H2,1-2H3,(H,32,35)(H,30,31,36);1H. The molecule has 0 aromatic rings. The van der Waals surface area contributed by atoms with Gasteiger partial charge in [-0.3, -0.25) is 10.1 Å². The van der Waals surface area contributed by atoms with Crippen molar-refractivity contribution in [3.63, 3.8) is 0 Å². The SMILES string of the molecule is CCCN1CCC(C#N)(NC(=O)C(CC2CCCCCCC2)N=C(NC(=O)OCC)N2CCOCC2)CC1.[HH]. The molecule has 216 valence electrons. The van der Waals surface area contributed by atoms with Crippen molar-refractivity contribution in [2.24, 2.45) is 10.9 Å². The van der Waals surface area contributed by atoms with Gasteiger partial charge in [0.25, 0.3) is 0 Å². The highest BCUT2D eigenvalue weighted by atomic mass is 16.5. The van der Waals surface area contributed by atoms with Crippen molar-refractivity contribution >= 4 is 18.0 Å². The van der Waals surface area contributed by atoms with Crippen LogP contribution < -0.4 is 10.6 Å². The number of hydrogen-bond acceptors (Lipinski definition) is 7. The molecule has 3 fully saturated rings. The average molecular weight is 535 g/mol. The fourth-order valence-corrected chi connectivity index (χ4v) is 5.74. The zero-order valence-electron chi connectivity index (χ0n) is 23.5. The second-order valence-electron chi connectivity index (χ2n) is 10.9. The van der Waals surface area contributed by atoms with Crippen LogP contribution in [-0.2, 0) is 14.3 Å². The fourth-order valence-electron chi connectivity index (χ4n) is 5.74. The number of carbonyl (C=O) groups is 2. The van der Waals surface area contributed by atoms with Crippen molar-refractivity contribution in [1.82, 2.24) is 20.4 Å². The number of nitriles is 1. The van der Waals surface area contributed by atoms with Gasteiger partial charge in [-0.1, -0.05) is 51.9 Å². The van der Waals surface area contributed by atoms with Crippen LogP contribution in [0.25, 0.3) is 0 Å². The molecular weight excluding hydrogens is 484 g/mol. The summed E-state index contributed by atoms with van der Waals surface area (Å²) in [7, 11) is 0. The summed E-state index contributed by atoms with van der Waals surface area (Å²) in [4.78, 5) is 35.5. The predicted molar refractivity (Wildman–Crippen MR) is 149 cm³/mol. The van der Waals surface area contributed by atoms with Crippen LogP contribution in [0.3, 0.4) is 0 Å². The van der Waals surface area contributed by atoms with Crippen molar-refractivity contribution in [2.75, 3.05) is 52.5 Å². The van der Waals surface area contributed by atoms with E-state index in [1.165, 1.54) is 19.3 Å². The zero-order valence-corrected chi connectivity index (χ0v) is 23.5. The number of likely N-dealkylation sites (tertiary alicyclic amines) is 1. The van der Waals surface area contributed by atoms with Crippen LogP contribution in [0.15, 0.2) is 4.99 Å². The molecule has 1 saturated carbocycles. The molecule has 0 bridgehead atoms. The van der Waals surface area contributed by atoms with Crippen molar-refractivity contribution in [1.29, 1.82) is 5.26 Å². The molecule has 2 saturated heterocycles. The van der Waals surface area contributed by atoms with Crippen molar-refractivity contribution in [3.05, 3.63) is 0 Å². The van der Waals surface area contributed by atoms with E-state index in [1.807, 2.05) is 4.90 Å². The van der Waals surface area contributed by atoms with Gasteiger partial charge in [0.15, 0.2) is 0 Å². The summed E-state index contributed by atoms with van der Waals surface area (Å²) in [5, 5.41) is 16.0. The third-order valence-electron chi connectivity index (χ3n) is 7.99. The number of guanidine groups is 1. The number of morpholine rings is 1. The first-order valence-electron chi connectivity index (χ1n) is 14.8. The molecule has 10 nitrogen and oxygen atoms in total. The summed E-state index contributed by atoms with van der Waals surface area (Å²) < 4.78 is 10.6. The normalized spacial score (nSPS) is 22.4. The molecule has 3 aliphatic rings. The Balaban J connectivity index is 0.00000533. The minimum Gasteiger partial charge on any atom is -0.450 e. The minimum atomic E-state index is -0.885. The van der Waals surface area contributed by atoms with Crippen molar-refractivity contribution in [3.8, 4) is 6.07 Å². The molecule has 1 atom stereocenters. The number of ether oxygens (including phenoxy) is 2. The molecule has 2 amide bonds. The van der Waals surface area contributed by atoms with Crippen molar-refractivity contribution in [2.45, 2.75) is 96.1 Å². The third kappa shape index (κ3) is 9.42. The molecule has 0 aromatic carbocycles. The third-order valence-corrected chi connectivity index (χ3v) is 7.99. The highest BCUT2D eigenvalue weighted by Crippen LogP contribution is 2.28. The maximum absolute atomic E-state index is 13.9. The molecule has 1 unspecified atom stereocenters. The Kier molecular flexibility index (Phi) is 12.6. The van der Waals surface area contributed by atoms with E-state index in [-0.39, 0.29) is 13.9 Å². The molecule has 3 rings (SSSR count). The van der Waals surface area contributed by atoms with Crippen LogP contribution >= 0.6 is 0 Å². The van der Waals surface area contributed by atoms with Gasteiger partial charge in [0.2, 0.25) is 11.9 Å². The van der Waals surface area contributed by atoms with Gasteiger partial charge < -0.3 is 24.6 Å². The lowest BCUT2D eigenvalue weighted by atomic mass is 9.85. The molecule has 10 heteroatoms. The van der Waals surface area contributed by atoms with Crippen LogP contribution in [-0.4, -0.2) is 91.9 Å². The molecule has 2 aliphatic heterocycles. The largest absolute Gasteiger partial charge is 0.450 e. The summed E-state index contributed by atoms with van der Waals surface area (Å²) >= 11 is 0. The summed E-state index contributed by atoms with van der Waals surface area (Å²) in [6.07, 6.45) is 10.5. The lowest BCUT2D eigenvalue weighted by Crippen LogP contribution is -2.57. The number of piperidine rings is 1. The van der Waals surface area contributed by atoms with E-state index in [2.05, 4.69) is 28.5 Å². The second kappa shape index (κ2) is 15.9. The maximum atomic E-state index is 13.9. The number of amides is 2. The highest BCUT2D eigenvalue weighted by molar-refractivity contribution is 5.96. The molecule has 0 spiro atoms. The molecule has 0 radical (unpaired) electrons. The van der Waals surface area contributed by atoms with Gasteiger partial charge in [-0.2, -0.15) is 5.26 Å². The van der Waals surface area contributed by atoms with Gasteiger partial charge in [-0.15, -0.1) is 0 Å². The number of nitrogens with one attached hydrogen (secondary N) is 2. The Hall–Kier alpha value is -2.38. The lowest BCUT2D eigenvalue weighted by molar-refractivity contribution is -0.124. The Morgan fingerprint density at radius 3 is 2.37 bits per heavy atom. The second-order valence-corrected chi connectivity index (χ2v) is 10.9. The zero-order chi connectivity index (χ0) is 27.2. The molecular formula is C28H50N6O4. The van der Waals surface area contributed by atoms with E-state index in [0.717, 1.165) is 51.7 Å². The average Bonchev–Trinajstić information content (AvgIpc) is 2.91.